The summed E-state index contributed by atoms with van der Waals surface area (Å²) in [6.07, 6.45) is 2.06. The molecule has 6 nitrogen and oxygen atoms in total. The number of Topliss-reactive ketones (excluding diaryl/α,β-unsaturated/α-hetero) is 1. The summed E-state index contributed by atoms with van der Waals surface area (Å²) >= 11 is 0. The van der Waals surface area contributed by atoms with Crippen molar-refractivity contribution in [1.29, 1.82) is 0 Å². The van der Waals surface area contributed by atoms with E-state index in [1.54, 1.807) is 14.0 Å². The number of ether oxygens (including phenoxy) is 2. The number of hydrogen-bond acceptors (Lipinski definition) is 6. The lowest BCUT2D eigenvalue weighted by atomic mass is 9.47. The number of rotatable bonds is 4. The SMILES string of the molecule is CCOC(=O)C[C@H]1C[C@@]2(O)[C@H]3Cc4ccc(OC)cc4C2(CCN3C)CC1=O. The molecule has 0 amide bonds. The Morgan fingerprint density at radius 3 is 2.89 bits per heavy atom. The molecule has 2 fully saturated rings. The number of piperidine rings is 1. The van der Waals surface area contributed by atoms with E-state index in [1.807, 2.05) is 19.2 Å². The molecule has 4 rings (SSSR count). The Bertz CT molecular complexity index is 808. The normalized spacial score (nSPS) is 34.4. The maximum absolute atomic E-state index is 13.1. The van der Waals surface area contributed by atoms with Gasteiger partial charge in [0.1, 0.15) is 11.5 Å². The van der Waals surface area contributed by atoms with Crippen molar-refractivity contribution in [2.45, 2.75) is 56.1 Å². The van der Waals surface area contributed by atoms with Gasteiger partial charge in [-0.3, -0.25) is 9.59 Å². The van der Waals surface area contributed by atoms with E-state index in [2.05, 4.69) is 11.0 Å². The maximum Gasteiger partial charge on any atom is 0.306 e. The molecule has 1 aliphatic heterocycles. The third-order valence-electron chi connectivity index (χ3n) is 7.26. The van der Waals surface area contributed by atoms with Crippen LogP contribution in [0, 0.1) is 5.92 Å². The van der Waals surface area contributed by atoms with Gasteiger partial charge in [-0.2, -0.15) is 0 Å². The van der Waals surface area contributed by atoms with Gasteiger partial charge in [0.05, 0.1) is 25.7 Å². The van der Waals surface area contributed by atoms with Crippen LogP contribution in [0.5, 0.6) is 5.75 Å². The number of fused-ring (bicyclic) bond motifs is 1. The lowest BCUT2D eigenvalue weighted by Crippen LogP contribution is -2.73. The maximum atomic E-state index is 13.1. The molecule has 0 radical (unpaired) electrons. The molecule has 3 aliphatic rings. The van der Waals surface area contributed by atoms with Gasteiger partial charge in [-0.1, -0.05) is 6.07 Å². The minimum atomic E-state index is -1.05. The molecule has 4 atom stereocenters. The Morgan fingerprint density at radius 2 is 2.18 bits per heavy atom. The number of carbonyl (C=O) groups excluding carboxylic acids is 2. The summed E-state index contributed by atoms with van der Waals surface area (Å²) in [5, 5.41) is 12.1. The molecule has 0 spiro atoms. The van der Waals surface area contributed by atoms with Gasteiger partial charge in [-0.15, -0.1) is 0 Å². The van der Waals surface area contributed by atoms with Crippen molar-refractivity contribution in [1.82, 2.24) is 4.90 Å². The number of ketones is 1. The molecule has 6 heteroatoms. The predicted molar refractivity (Wildman–Crippen MR) is 103 cm³/mol. The number of likely N-dealkylation sites (tertiary alicyclic amines) is 1. The highest BCUT2D eigenvalue weighted by Gasteiger charge is 2.66. The summed E-state index contributed by atoms with van der Waals surface area (Å²) in [5.41, 5.74) is 0.555. The van der Waals surface area contributed by atoms with Gasteiger partial charge >= 0.3 is 5.97 Å². The number of hydrogen-bond donors (Lipinski definition) is 1. The van der Waals surface area contributed by atoms with Crippen molar-refractivity contribution in [2.24, 2.45) is 5.92 Å². The third kappa shape index (κ3) is 2.69. The number of methoxy groups -OCH3 is 1. The Morgan fingerprint density at radius 1 is 1.39 bits per heavy atom. The third-order valence-corrected chi connectivity index (χ3v) is 7.26. The van der Waals surface area contributed by atoms with E-state index in [0.717, 1.165) is 24.3 Å². The average molecular weight is 387 g/mol. The van der Waals surface area contributed by atoms with Crippen molar-refractivity contribution < 1.29 is 24.2 Å². The Balaban J connectivity index is 1.78. The lowest BCUT2D eigenvalue weighted by Gasteiger charge is -2.63. The zero-order valence-corrected chi connectivity index (χ0v) is 16.9. The largest absolute Gasteiger partial charge is 0.497 e. The fourth-order valence-electron chi connectivity index (χ4n) is 5.84. The zero-order chi connectivity index (χ0) is 20.1. The smallest absolute Gasteiger partial charge is 0.306 e. The molecule has 152 valence electrons. The molecule has 1 saturated carbocycles. The van der Waals surface area contributed by atoms with Crippen LogP contribution in [0.25, 0.3) is 0 Å². The van der Waals surface area contributed by atoms with Crippen LogP contribution in [-0.4, -0.2) is 60.7 Å². The number of likely N-dealkylation sites (N-methyl/N-ethyl adjacent to an activating group) is 1. The molecular formula is C22H29NO5. The van der Waals surface area contributed by atoms with Gasteiger partial charge in [-0.05, 0) is 63.0 Å². The molecule has 2 bridgehead atoms. The van der Waals surface area contributed by atoms with Crippen molar-refractivity contribution in [3.05, 3.63) is 29.3 Å². The van der Waals surface area contributed by atoms with Gasteiger partial charge in [0, 0.05) is 23.8 Å². The van der Waals surface area contributed by atoms with Crippen molar-refractivity contribution >= 4 is 11.8 Å². The van der Waals surface area contributed by atoms with Gasteiger partial charge < -0.3 is 19.5 Å². The molecule has 0 aromatic heterocycles. The Kier molecular flexibility index (Phi) is 4.74. The minimum Gasteiger partial charge on any atom is -0.497 e. The zero-order valence-electron chi connectivity index (χ0n) is 16.9. The molecule has 1 N–H and O–H groups in total. The summed E-state index contributed by atoms with van der Waals surface area (Å²) in [5.74, 6) is -0.0548. The summed E-state index contributed by atoms with van der Waals surface area (Å²) < 4.78 is 10.5. The van der Waals surface area contributed by atoms with Crippen LogP contribution in [-0.2, 0) is 26.2 Å². The topological polar surface area (TPSA) is 76.1 Å². The quantitative estimate of drug-likeness (QED) is 0.795. The predicted octanol–water partition coefficient (Wildman–Crippen LogP) is 1.86. The van der Waals surface area contributed by atoms with Crippen LogP contribution in [0.3, 0.4) is 0 Å². The van der Waals surface area contributed by atoms with Crippen LogP contribution in [0.2, 0.25) is 0 Å². The molecular weight excluding hydrogens is 358 g/mol. The van der Waals surface area contributed by atoms with E-state index in [1.165, 1.54) is 5.56 Å². The first kappa shape index (κ1) is 19.4. The molecule has 1 aromatic carbocycles. The highest BCUT2D eigenvalue weighted by Crippen LogP contribution is 2.58. The summed E-state index contributed by atoms with van der Waals surface area (Å²) in [4.78, 5) is 27.3. The first-order valence-corrected chi connectivity index (χ1v) is 10.1. The Labute approximate surface area is 165 Å². The number of esters is 1. The minimum absolute atomic E-state index is 0.0481. The van der Waals surface area contributed by atoms with Crippen LogP contribution in [0.4, 0.5) is 0 Å². The number of nitrogens with zero attached hydrogens (tertiary/aromatic N) is 1. The van der Waals surface area contributed by atoms with E-state index in [-0.39, 0.29) is 30.6 Å². The van der Waals surface area contributed by atoms with Crippen molar-refractivity contribution in [3.63, 3.8) is 0 Å². The second-order valence-electron chi connectivity index (χ2n) is 8.53. The monoisotopic (exact) mass is 387 g/mol. The van der Waals surface area contributed by atoms with Crippen molar-refractivity contribution in [3.8, 4) is 5.75 Å². The molecule has 1 aromatic rings. The van der Waals surface area contributed by atoms with Crippen LogP contribution in [0.15, 0.2) is 18.2 Å². The van der Waals surface area contributed by atoms with E-state index in [4.69, 9.17) is 9.47 Å². The Hall–Kier alpha value is -1.92. The lowest BCUT2D eigenvalue weighted by molar-refractivity contribution is -0.180. The van der Waals surface area contributed by atoms with Crippen LogP contribution in [0.1, 0.15) is 43.7 Å². The summed E-state index contributed by atoms with van der Waals surface area (Å²) in [6, 6.07) is 5.95. The van der Waals surface area contributed by atoms with Gasteiger partial charge in [0.2, 0.25) is 0 Å². The molecule has 28 heavy (non-hydrogen) atoms. The number of aliphatic hydroxyl groups is 1. The molecule has 1 heterocycles. The standard InChI is InChI=1S/C22H29NO5/c1-4-28-20(25)10-15-12-22(26)19-9-14-5-6-16(27-3)11-17(14)21(22,13-18(15)24)7-8-23(19)2/h5-6,11,15,19,26H,4,7-10,12-13H2,1-3H3/t15-,19+,21?,22+/m0/s1. The highest BCUT2D eigenvalue weighted by atomic mass is 16.5. The molecule has 1 saturated heterocycles. The molecule has 1 unspecified atom stereocenters. The number of benzene rings is 1. The first-order valence-electron chi connectivity index (χ1n) is 10.1. The van der Waals surface area contributed by atoms with Gasteiger partial charge in [0.15, 0.2) is 0 Å². The summed E-state index contributed by atoms with van der Waals surface area (Å²) in [7, 11) is 3.67. The van der Waals surface area contributed by atoms with Crippen LogP contribution < -0.4 is 4.74 Å². The van der Waals surface area contributed by atoms with E-state index >= 15 is 0 Å². The fraction of sp³-hybridized carbons (Fsp3) is 0.636. The second-order valence-corrected chi connectivity index (χ2v) is 8.53. The average Bonchev–Trinajstić information content (AvgIpc) is 2.66. The van der Waals surface area contributed by atoms with Crippen molar-refractivity contribution in [2.75, 3.05) is 27.3 Å². The highest BCUT2D eigenvalue weighted by molar-refractivity contribution is 5.88. The number of carbonyl (C=O) groups is 2. The van der Waals surface area contributed by atoms with Crippen LogP contribution >= 0.6 is 0 Å². The molecule has 2 aliphatic carbocycles. The van der Waals surface area contributed by atoms with Gasteiger partial charge in [-0.25, -0.2) is 0 Å². The summed E-state index contributed by atoms with van der Waals surface area (Å²) in [6.45, 7) is 2.89. The van der Waals surface area contributed by atoms with E-state index in [0.29, 0.717) is 19.4 Å². The van der Waals surface area contributed by atoms with Gasteiger partial charge in [0.25, 0.3) is 0 Å². The second kappa shape index (κ2) is 6.85. The van der Waals surface area contributed by atoms with E-state index < -0.39 is 16.9 Å². The van der Waals surface area contributed by atoms with E-state index in [9.17, 15) is 14.7 Å². The fourth-order valence-corrected chi connectivity index (χ4v) is 5.84. The first-order chi connectivity index (χ1) is 13.3.